The van der Waals surface area contributed by atoms with Gasteiger partial charge in [-0.3, -0.25) is 9.59 Å². The first-order valence-corrected chi connectivity index (χ1v) is 13.0. The van der Waals surface area contributed by atoms with E-state index in [1.54, 1.807) is 22.7 Å². The highest BCUT2D eigenvalue weighted by Gasteiger charge is 2.24. The molecule has 2 aliphatic rings. The van der Waals surface area contributed by atoms with E-state index in [1.165, 1.54) is 12.1 Å². The molecule has 0 spiro atoms. The number of thioether (sulfide) groups is 1. The van der Waals surface area contributed by atoms with Crippen molar-refractivity contribution >= 4 is 39.3 Å². The molecule has 0 bridgehead atoms. The van der Waals surface area contributed by atoms with Crippen molar-refractivity contribution < 1.29 is 32.2 Å². The summed E-state index contributed by atoms with van der Waals surface area (Å²) >= 11 is 1.68. The third kappa shape index (κ3) is 5.79. The maximum Gasteiger partial charge on any atom is 0.306 e. The van der Waals surface area contributed by atoms with Crippen molar-refractivity contribution in [2.75, 3.05) is 43.6 Å². The zero-order valence-corrected chi connectivity index (χ0v) is 19.5. The van der Waals surface area contributed by atoms with E-state index in [4.69, 9.17) is 14.2 Å². The summed E-state index contributed by atoms with van der Waals surface area (Å²) in [5.74, 6) is 0.828. The van der Waals surface area contributed by atoms with Crippen LogP contribution in [0.1, 0.15) is 12.8 Å². The van der Waals surface area contributed by atoms with Crippen LogP contribution in [-0.2, 0) is 24.3 Å². The fraction of sp³-hybridized carbons (Fsp3) is 0.364. The van der Waals surface area contributed by atoms with E-state index in [2.05, 4.69) is 4.72 Å². The van der Waals surface area contributed by atoms with Crippen LogP contribution in [0.5, 0.6) is 11.5 Å². The van der Waals surface area contributed by atoms with Gasteiger partial charge in [0.1, 0.15) is 13.2 Å². The molecule has 0 aromatic heterocycles. The van der Waals surface area contributed by atoms with Crippen molar-refractivity contribution in [3.8, 4) is 11.5 Å². The van der Waals surface area contributed by atoms with Crippen molar-refractivity contribution in [2.24, 2.45) is 0 Å². The molecule has 0 saturated heterocycles. The van der Waals surface area contributed by atoms with Crippen LogP contribution >= 0.6 is 11.8 Å². The Balaban J connectivity index is 1.20. The lowest BCUT2D eigenvalue weighted by Gasteiger charge is -2.28. The van der Waals surface area contributed by atoms with Crippen LogP contribution in [0.25, 0.3) is 0 Å². The molecule has 0 fully saturated rings. The van der Waals surface area contributed by atoms with E-state index in [1.807, 2.05) is 24.3 Å². The molecule has 9 nitrogen and oxygen atoms in total. The number of nitrogens with one attached hydrogen (secondary N) is 1. The Morgan fingerprint density at radius 3 is 2.73 bits per heavy atom. The molecule has 0 saturated carbocycles. The Morgan fingerprint density at radius 1 is 1.09 bits per heavy atom. The van der Waals surface area contributed by atoms with Crippen molar-refractivity contribution in [1.29, 1.82) is 0 Å². The maximum atomic E-state index is 12.5. The number of hydrogen-bond donors (Lipinski definition) is 1. The highest BCUT2D eigenvalue weighted by Crippen LogP contribution is 2.34. The number of para-hydroxylation sites is 1. The lowest BCUT2D eigenvalue weighted by molar-refractivity contribution is -0.147. The quantitative estimate of drug-likeness (QED) is 0.441. The summed E-state index contributed by atoms with van der Waals surface area (Å²) in [6.07, 6.45) is 0.226. The number of carbonyl (C=O) groups is 2. The van der Waals surface area contributed by atoms with Gasteiger partial charge in [-0.1, -0.05) is 12.1 Å². The Kier molecular flexibility index (Phi) is 7.41. The topological polar surface area (TPSA) is 111 Å². The van der Waals surface area contributed by atoms with Gasteiger partial charge in [-0.25, -0.2) is 13.1 Å². The van der Waals surface area contributed by atoms with Crippen LogP contribution in [0.3, 0.4) is 0 Å². The van der Waals surface area contributed by atoms with Gasteiger partial charge in [0.15, 0.2) is 18.1 Å². The van der Waals surface area contributed by atoms with Crippen LogP contribution in [0, 0.1) is 0 Å². The molecule has 2 aliphatic heterocycles. The fourth-order valence-electron chi connectivity index (χ4n) is 3.43. The average molecular weight is 493 g/mol. The molecule has 2 aromatic carbocycles. The Bertz CT molecular complexity index is 1140. The van der Waals surface area contributed by atoms with Gasteiger partial charge in [0, 0.05) is 36.2 Å². The molecule has 2 heterocycles. The number of carbonyl (C=O) groups excluding carboxylic acids is 2. The van der Waals surface area contributed by atoms with E-state index in [-0.39, 0.29) is 36.8 Å². The largest absolute Gasteiger partial charge is 0.486 e. The van der Waals surface area contributed by atoms with Gasteiger partial charge in [-0.2, -0.15) is 0 Å². The first-order valence-electron chi connectivity index (χ1n) is 10.5. The number of hydrogen-bond acceptors (Lipinski definition) is 8. The molecule has 0 radical (unpaired) electrons. The molecular formula is C22H24N2O7S2. The zero-order valence-electron chi connectivity index (χ0n) is 17.8. The van der Waals surface area contributed by atoms with Crippen LogP contribution in [0.15, 0.2) is 52.3 Å². The van der Waals surface area contributed by atoms with Gasteiger partial charge in [-0.15, -0.1) is 11.8 Å². The predicted molar refractivity (Wildman–Crippen MR) is 122 cm³/mol. The monoisotopic (exact) mass is 492 g/mol. The van der Waals surface area contributed by atoms with E-state index < -0.39 is 16.0 Å². The number of benzene rings is 2. The summed E-state index contributed by atoms with van der Waals surface area (Å²) in [4.78, 5) is 27.2. The standard InChI is InChI=1S/C22H24N2O7S2/c25-21(24-10-13-32-20-5-2-1-4-17(20)24)15-31-22(26)6-3-9-23-33(27,28)16-7-8-18-19(14-16)30-12-11-29-18/h1-2,4-5,7-8,14,23H,3,6,9-13,15H2. The molecule has 33 heavy (non-hydrogen) atoms. The zero-order chi connectivity index (χ0) is 23.3. The van der Waals surface area contributed by atoms with Gasteiger partial charge < -0.3 is 19.1 Å². The fourth-order valence-corrected chi connectivity index (χ4v) is 5.52. The van der Waals surface area contributed by atoms with Crippen molar-refractivity contribution in [3.05, 3.63) is 42.5 Å². The predicted octanol–water partition coefficient (Wildman–Crippen LogP) is 2.20. The highest BCUT2D eigenvalue weighted by atomic mass is 32.2. The molecule has 0 aliphatic carbocycles. The average Bonchev–Trinajstić information content (AvgIpc) is 2.84. The molecule has 1 N–H and O–H groups in total. The number of ether oxygens (including phenoxy) is 3. The molecule has 4 rings (SSSR count). The van der Waals surface area contributed by atoms with Crippen LogP contribution in [-0.4, -0.2) is 59.0 Å². The molecule has 0 atom stereocenters. The number of fused-ring (bicyclic) bond motifs is 2. The van der Waals surface area contributed by atoms with Gasteiger partial charge in [0.2, 0.25) is 10.0 Å². The third-order valence-electron chi connectivity index (χ3n) is 5.06. The summed E-state index contributed by atoms with van der Waals surface area (Å²) in [5.41, 5.74) is 0.823. The summed E-state index contributed by atoms with van der Waals surface area (Å²) in [6, 6.07) is 12.0. The van der Waals surface area contributed by atoms with Crippen molar-refractivity contribution in [2.45, 2.75) is 22.6 Å². The summed E-state index contributed by atoms with van der Waals surface area (Å²) in [7, 11) is -3.76. The summed E-state index contributed by atoms with van der Waals surface area (Å²) in [6.45, 7) is 1.04. The lowest BCUT2D eigenvalue weighted by Crippen LogP contribution is -2.38. The van der Waals surface area contributed by atoms with E-state index in [9.17, 15) is 18.0 Å². The SMILES string of the molecule is O=C(CCCNS(=O)(=O)c1ccc2c(c1)OCCO2)OCC(=O)N1CCSc2ccccc21. The van der Waals surface area contributed by atoms with Crippen LogP contribution in [0.4, 0.5) is 5.69 Å². The minimum absolute atomic E-state index is 0.0105. The van der Waals surface area contributed by atoms with Crippen molar-refractivity contribution in [3.63, 3.8) is 0 Å². The molecule has 176 valence electrons. The van der Waals surface area contributed by atoms with Crippen molar-refractivity contribution in [1.82, 2.24) is 4.72 Å². The second kappa shape index (κ2) is 10.4. The Labute approximate surface area is 196 Å². The first kappa shape index (κ1) is 23.4. The number of amides is 1. The minimum Gasteiger partial charge on any atom is -0.486 e. The second-order valence-corrected chi connectivity index (χ2v) is 10.2. The van der Waals surface area contributed by atoms with Gasteiger partial charge >= 0.3 is 5.97 Å². The number of rotatable bonds is 8. The van der Waals surface area contributed by atoms with Crippen LogP contribution in [0.2, 0.25) is 0 Å². The van der Waals surface area contributed by atoms with Gasteiger partial charge in [-0.05, 0) is 30.7 Å². The first-order chi connectivity index (χ1) is 15.9. The molecule has 1 amide bonds. The highest BCUT2D eigenvalue weighted by molar-refractivity contribution is 7.99. The number of nitrogens with zero attached hydrogens (tertiary/aromatic N) is 1. The number of esters is 1. The Hall–Kier alpha value is -2.76. The number of sulfonamides is 1. The maximum absolute atomic E-state index is 12.5. The van der Waals surface area contributed by atoms with E-state index >= 15 is 0 Å². The molecule has 11 heteroatoms. The summed E-state index contributed by atoms with van der Waals surface area (Å²) < 4.78 is 43.3. The normalized spacial score (nSPS) is 15.0. The third-order valence-corrected chi connectivity index (χ3v) is 7.56. The van der Waals surface area contributed by atoms with Crippen LogP contribution < -0.4 is 19.1 Å². The molecule has 2 aromatic rings. The molecular weight excluding hydrogens is 468 g/mol. The second-order valence-electron chi connectivity index (χ2n) is 7.33. The molecule has 0 unspecified atom stereocenters. The minimum atomic E-state index is -3.76. The van der Waals surface area contributed by atoms with E-state index in [0.717, 1.165) is 16.3 Å². The van der Waals surface area contributed by atoms with Gasteiger partial charge in [0.05, 0.1) is 10.6 Å². The number of anilines is 1. The summed E-state index contributed by atoms with van der Waals surface area (Å²) in [5, 5.41) is 0. The Morgan fingerprint density at radius 2 is 1.88 bits per heavy atom. The van der Waals surface area contributed by atoms with E-state index in [0.29, 0.717) is 31.3 Å². The van der Waals surface area contributed by atoms with Gasteiger partial charge in [0.25, 0.3) is 5.91 Å². The smallest absolute Gasteiger partial charge is 0.306 e. The lowest BCUT2D eigenvalue weighted by atomic mass is 10.2.